The summed E-state index contributed by atoms with van der Waals surface area (Å²) in [5.74, 6) is -1.23. The highest BCUT2D eigenvalue weighted by molar-refractivity contribution is 8.00. The van der Waals surface area contributed by atoms with Crippen LogP contribution in [-0.4, -0.2) is 23.2 Å². The predicted molar refractivity (Wildman–Crippen MR) is 105 cm³/mol. The molecule has 4 nitrogen and oxygen atoms in total. The molecule has 0 fully saturated rings. The molecule has 1 amide bonds. The molecule has 0 saturated heterocycles. The van der Waals surface area contributed by atoms with Crippen LogP contribution < -0.4 is 5.32 Å². The molecule has 1 N–H and O–H groups in total. The topological polar surface area (TPSA) is 55.4 Å². The number of hydrogen-bond donors (Lipinski definition) is 1. The second-order valence-corrected chi connectivity index (χ2v) is 8.61. The van der Waals surface area contributed by atoms with Crippen molar-refractivity contribution in [3.8, 4) is 0 Å². The smallest absolute Gasteiger partial charge is 0.319 e. The summed E-state index contributed by atoms with van der Waals surface area (Å²) in [6, 6.07) is 2.62. The zero-order valence-electron chi connectivity index (χ0n) is 16.1. The summed E-state index contributed by atoms with van der Waals surface area (Å²) in [4.78, 5) is 25.0. The number of anilines is 1. The molecule has 1 atom stereocenters. The van der Waals surface area contributed by atoms with Crippen LogP contribution in [0.4, 0.5) is 10.1 Å². The molecule has 0 saturated carbocycles. The molecule has 1 aromatic carbocycles. The predicted octanol–water partition coefficient (Wildman–Crippen LogP) is 5.68. The number of hydrogen-bond acceptors (Lipinski definition) is 4. The number of carbonyl (C=O) groups excluding carboxylic acids is 2. The third-order valence-electron chi connectivity index (χ3n) is 4.02. The van der Waals surface area contributed by atoms with Gasteiger partial charge in [0.25, 0.3) is 0 Å². The molecule has 26 heavy (non-hydrogen) atoms. The number of carbonyl (C=O) groups is 2. The summed E-state index contributed by atoms with van der Waals surface area (Å²) in [6.45, 7) is 10.9. The van der Waals surface area contributed by atoms with Gasteiger partial charge in [0.1, 0.15) is 11.1 Å². The van der Waals surface area contributed by atoms with Gasteiger partial charge in [-0.05, 0) is 38.8 Å². The Bertz CT molecular complexity index is 664. The van der Waals surface area contributed by atoms with Crippen LogP contribution in [0.2, 0.25) is 5.02 Å². The molecule has 0 heterocycles. The first kappa shape index (κ1) is 22.8. The fourth-order valence-corrected chi connectivity index (χ4v) is 3.19. The van der Waals surface area contributed by atoms with Crippen molar-refractivity contribution in [1.82, 2.24) is 0 Å². The highest BCUT2D eigenvalue weighted by atomic mass is 35.5. The maximum atomic E-state index is 14.2. The Kier molecular flexibility index (Phi) is 8.41. The van der Waals surface area contributed by atoms with Gasteiger partial charge in [-0.2, -0.15) is 0 Å². The lowest BCUT2D eigenvalue weighted by atomic mass is 9.89. The highest BCUT2D eigenvalue weighted by Gasteiger charge is 2.27. The molecule has 1 rings (SSSR count). The Morgan fingerprint density at radius 3 is 2.42 bits per heavy atom. The minimum Gasteiger partial charge on any atom is -0.462 e. The number of nitrogens with one attached hydrogen (secondary N) is 1. The van der Waals surface area contributed by atoms with Crippen molar-refractivity contribution in [2.24, 2.45) is 5.41 Å². The quantitative estimate of drug-likeness (QED) is 0.448. The van der Waals surface area contributed by atoms with Crippen molar-refractivity contribution in [3.63, 3.8) is 0 Å². The van der Waals surface area contributed by atoms with Crippen molar-refractivity contribution in [2.75, 3.05) is 5.32 Å². The van der Waals surface area contributed by atoms with Gasteiger partial charge in [-0.1, -0.05) is 39.3 Å². The van der Waals surface area contributed by atoms with Crippen LogP contribution in [0.15, 0.2) is 17.0 Å². The van der Waals surface area contributed by atoms with E-state index in [0.29, 0.717) is 17.7 Å². The summed E-state index contributed by atoms with van der Waals surface area (Å²) in [6.07, 6.45) is 0.940. The lowest BCUT2D eigenvalue weighted by Gasteiger charge is -2.22. The summed E-state index contributed by atoms with van der Waals surface area (Å²) < 4.78 is 19.5. The Hall–Kier alpha value is -1.27. The minimum absolute atomic E-state index is 0.0514. The molecular weight excluding hydrogens is 377 g/mol. The largest absolute Gasteiger partial charge is 0.462 e. The maximum absolute atomic E-state index is 14.2. The zero-order chi connectivity index (χ0) is 20.1. The third-order valence-corrected chi connectivity index (χ3v) is 5.85. The molecular formula is C19H27ClFNO3S. The second kappa shape index (κ2) is 9.60. The fraction of sp³-hybridized carbons (Fsp3) is 0.579. The summed E-state index contributed by atoms with van der Waals surface area (Å²) in [5.41, 5.74) is -0.567. The van der Waals surface area contributed by atoms with Crippen LogP contribution >= 0.6 is 23.4 Å². The molecule has 0 spiro atoms. The summed E-state index contributed by atoms with van der Waals surface area (Å²) in [7, 11) is 0. The van der Waals surface area contributed by atoms with E-state index in [1.165, 1.54) is 17.8 Å². The van der Waals surface area contributed by atoms with E-state index < -0.39 is 16.5 Å². The number of halogens is 2. The SMILES string of the molecule is CCC(Sc1cc(NC(=O)C(C)(C)CC)c(F)cc1Cl)C(=O)OC(C)C. The molecule has 0 aliphatic heterocycles. The molecule has 1 unspecified atom stereocenters. The number of amides is 1. The van der Waals surface area contributed by atoms with E-state index in [-0.39, 0.29) is 28.7 Å². The average Bonchev–Trinajstić information content (AvgIpc) is 2.55. The molecule has 1 aromatic rings. The zero-order valence-corrected chi connectivity index (χ0v) is 17.7. The van der Waals surface area contributed by atoms with E-state index in [0.717, 1.165) is 6.07 Å². The summed E-state index contributed by atoms with van der Waals surface area (Å²) >= 11 is 7.35. The van der Waals surface area contributed by atoms with E-state index in [1.807, 2.05) is 13.8 Å². The van der Waals surface area contributed by atoms with Crippen molar-refractivity contribution in [2.45, 2.75) is 70.6 Å². The van der Waals surface area contributed by atoms with Crippen LogP contribution in [0.5, 0.6) is 0 Å². The number of ether oxygens (including phenoxy) is 1. The van der Waals surface area contributed by atoms with E-state index in [4.69, 9.17) is 16.3 Å². The van der Waals surface area contributed by atoms with Crippen LogP contribution in [0, 0.1) is 11.2 Å². The van der Waals surface area contributed by atoms with Crippen LogP contribution in [0.1, 0.15) is 54.4 Å². The van der Waals surface area contributed by atoms with Crippen molar-refractivity contribution in [3.05, 3.63) is 23.0 Å². The Morgan fingerprint density at radius 1 is 1.31 bits per heavy atom. The minimum atomic E-state index is -0.619. The van der Waals surface area contributed by atoms with Crippen molar-refractivity contribution in [1.29, 1.82) is 0 Å². The van der Waals surface area contributed by atoms with Gasteiger partial charge in [-0.15, -0.1) is 11.8 Å². The van der Waals surface area contributed by atoms with Crippen molar-refractivity contribution < 1.29 is 18.7 Å². The van der Waals surface area contributed by atoms with Crippen LogP contribution in [0.25, 0.3) is 0 Å². The normalized spacial score (nSPS) is 12.8. The number of benzene rings is 1. The van der Waals surface area contributed by atoms with E-state index in [1.54, 1.807) is 27.7 Å². The maximum Gasteiger partial charge on any atom is 0.319 e. The monoisotopic (exact) mass is 403 g/mol. The van der Waals surface area contributed by atoms with Gasteiger partial charge in [-0.3, -0.25) is 9.59 Å². The lowest BCUT2D eigenvalue weighted by molar-refractivity contribution is -0.146. The first-order chi connectivity index (χ1) is 12.0. The van der Waals surface area contributed by atoms with E-state index in [2.05, 4.69) is 5.32 Å². The van der Waals surface area contributed by atoms with Crippen molar-refractivity contribution >= 4 is 40.9 Å². The fourth-order valence-electron chi connectivity index (χ4n) is 1.93. The number of esters is 1. The molecule has 146 valence electrons. The molecule has 7 heteroatoms. The lowest BCUT2D eigenvalue weighted by Crippen LogP contribution is -2.30. The van der Waals surface area contributed by atoms with Crippen LogP contribution in [0.3, 0.4) is 0 Å². The summed E-state index contributed by atoms with van der Waals surface area (Å²) in [5, 5.41) is 2.35. The highest BCUT2D eigenvalue weighted by Crippen LogP contribution is 2.36. The third kappa shape index (κ3) is 6.16. The Morgan fingerprint density at radius 2 is 1.92 bits per heavy atom. The van der Waals surface area contributed by atoms with Gasteiger partial charge in [-0.25, -0.2) is 4.39 Å². The molecule has 0 radical (unpaired) electrons. The molecule has 0 bridgehead atoms. The van der Waals surface area contributed by atoms with E-state index in [9.17, 15) is 14.0 Å². The number of rotatable bonds is 8. The molecule has 0 aliphatic carbocycles. The van der Waals surface area contributed by atoms with Gasteiger partial charge >= 0.3 is 5.97 Å². The molecule has 0 aromatic heterocycles. The number of thioether (sulfide) groups is 1. The van der Waals surface area contributed by atoms with E-state index >= 15 is 0 Å². The first-order valence-corrected chi connectivity index (χ1v) is 9.95. The van der Waals surface area contributed by atoms with Gasteiger partial charge in [0.15, 0.2) is 0 Å². The first-order valence-electron chi connectivity index (χ1n) is 8.69. The average molecular weight is 404 g/mol. The van der Waals surface area contributed by atoms with Gasteiger partial charge < -0.3 is 10.1 Å². The van der Waals surface area contributed by atoms with Gasteiger partial charge in [0, 0.05) is 10.3 Å². The van der Waals surface area contributed by atoms with Crippen LogP contribution in [-0.2, 0) is 14.3 Å². The molecule has 0 aliphatic rings. The Labute approximate surface area is 164 Å². The van der Waals surface area contributed by atoms with Gasteiger partial charge in [0.05, 0.1) is 16.8 Å². The second-order valence-electron chi connectivity index (χ2n) is 6.95. The standard InChI is InChI=1S/C19H27ClFNO3S/c1-7-15(17(23)25-11(3)4)26-16-10-14(13(21)9-12(16)20)22-18(24)19(5,6)8-2/h9-11,15H,7-8H2,1-6H3,(H,22,24). The van der Waals surface area contributed by atoms with Gasteiger partial charge in [0.2, 0.25) is 5.91 Å². The Balaban J connectivity index is 3.06.